The number of hydrogen-bond acceptors (Lipinski definition) is 2. The monoisotopic (exact) mass is 444 g/mol. The van der Waals surface area contributed by atoms with E-state index in [-0.39, 0.29) is 0 Å². The van der Waals surface area contributed by atoms with E-state index >= 15 is 0 Å². The highest BCUT2D eigenvalue weighted by molar-refractivity contribution is 6.55. The first-order valence-corrected chi connectivity index (χ1v) is 11.8. The maximum Gasteiger partial charge on any atom is 0.0977 e. The van der Waals surface area contributed by atoms with Crippen LogP contribution in [0.5, 0.6) is 0 Å². The van der Waals surface area contributed by atoms with Gasteiger partial charge in [-0.2, -0.15) is 0 Å². The standard InChI is InChI=1S/C32H32N2/c1-21-17-23(3)29(24(4)18-21)31(33-27-13-9-7-10-14-27)32(34-28-15-11-8-12-16-28)30-25(5)19-22(2)20-26(30)6/h7-20H,1-6H3. The van der Waals surface area contributed by atoms with Gasteiger partial charge < -0.3 is 0 Å². The van der Waals surface area contributed by atoms with Gasteiger partial charge in [-0.15, -0.1) is 0 Å². The third-order valence-corrected chi connectivity index (χ3v) is 6.05. The summed E-state index contributed by atoms with van der Waals surface area (Å²) in [4.78, 5) is 10.5. The molecular weight excluding hydrogens is 412 g/mol. The third-order valence-electron chi connectivity index (χ3n) is 6.05. The number of aliphatic imine (C=N–C) groups is 2. The minimum absolute atomic E-state index is 0.903. The van der Waals surface area contributed by atoms with E-state index in [1.807, 2.05) is 60.7 Å². The highest BCUT2D eigenvalue weighted by Gasteiger charge is 2.22. The quantitative estimate of drug-likeness (QED) is 0.276. The van der Waals surface area contributed by atoms with Crippen molar-refractivity contribution in [3.05, 3.63) is 129 Å². The predicted molar refractivity (Wildman–Crippen MR) is 147 cm³/mol. The number of rotatable bonds is 5. The van der Waals surface area contributed by atoms with Crippen LogP contribution in [0.25, 0.3) is 0 Å². The molecule has 4 rings (SSSR count). The Kier molecular flexibility index (Phi) is 6.88. The summed E-state index contributed by atoms with van der Waals surface area (Å²) in [5.74, 6) is 0. The molecule has 0 saturated carbocycles. The number of hydrogen-bond donors (Lipinski definition) is 0. The molecule has 0 bridgehead atoms. The van der Waals surface area contributed by atoms with Crippen LogP contribution in [0.2, 0.25) is 0 Å². The zero-order valence-corrected chi connectivity index (χ0v) is 21.0. The van der Waals surface area contributed by atoms with Crippen molar-refractivity contribution in [2.24, 2.45) is 9.98 Å². The molecule has 0 aliphatic rings. The summed E-state index contributed by atoms with van der Waals surface area (Å²) in [7, 11) is 0. The zero-order chi connectivity index (χ0) is 24.2. The largest absolute Gasteiger partial charge is 0.246 e. The van der Waals surface area contributed by atoms with Gasteiger partial charge in [-0.25, -0.2) is 9.98 Å². The normalized spacial score (nSPS) is 12.2. The Morgan fingerprint density at radius 1 is 0.441 bits per heavy atom. The molecule has 0 aromatic heterocycles. The summed E-state index contributed by atoms with van der Waals surface area (Å²) in [6, 6.07) is 29.3. The lowest BCUT2D eigenvalue weighted by Crippen LogP contribution is -2.22. The molecular formula is C32H32N2. The Balaban J connectivity index is 2.10. The molecule has 2 heteroatoms. The van der Waals surface area contributed by atoms with Gasteiger partial charge in [0, 0.05) is 11.1 Å². The van der Waals surface area contributed by atoms with Crippen LogP contribution in [0.4, 0.5) is 11.4 Å². The molecule has 0 radical (unpaired) electrons. The zero-order valence-electron chi connectivity index (χ0n) is 21.0. The smallest absolute Gasteiger partial charge is 0.0977 e. The van der Waals surface area contributed by atoms with Crippen LogP contribution >= 0.6 is 0 Å². The summed E-state index contributed by atoms with van der Waals surface area (Å²) in [6.07, 6.45) is 0. The van der Waals surface area contributed by atoms with Crippen LogP contribution in [-0.4, -0.2) is 11.4 Å². The first-order valence-electron chi connectivity index (χ1n) is 11.8. The van der Waals surface area contributed by atoms with Gasteiger partial charge in [-0.3, -0.25) is 0 Å². The van der Waals surface area contributed by atoms with Gasteiger partial charge in [0.25, 0.3) is 0 Å². The minimum atomic E-state index is 0.903. The summed E-state index contributed by atoms with van der Waals surface area (Å²) in [5, 5.41) is 0. The fraction of sp³-hybridized carbons (Fsp3) is 0.188. The summed E-state index contributed by atoms with van der Waals surface area (Å²) in [5.41, 5.74) is 13.2. The van der Waals surface area contributed by atoms with E-state index in [1.54, 1.807) is 0 Å². The van der Waals surface area contributed by atoms with E-state index in [4.69, 9.17) is 9.98 Å². The van der Waals surface area contributed by atoms with Crippen molar-refractivity contribution >= 4 is 22.8 Å². The van der Waals surface area contributed by atoms with Crippen molar-refractivity contribution in [1.29, 1.82) is 0 Å². The fourth-order valence-corrected chi connectivity index (χ4v) is 4.82. The summed E-state index contributed by atoms with van der Waals surface area (Å²) < 4.78 is 0. The van der Waals surface area contributed by atoms with Gasteiger partial charge in [-0.1, -0.05) is 71.8 Å². The van der Waals surface area contributed by atoms with Crippen molar-refractivity contribution in [3.8, 4) is 0 Å². The molecule has 0 spiro atoms. The molecule has 0 fully saturated rings. The van der Waals surface area contributed by atoms with E-state index in [0.717, 1.165) is 33.9 Å². The molecule has 0 heterocycles. The van der Waals surface area contributed by atoms with Crippen molar-refractivity contribution < 1.29 is 0 Å². The van der Waals surface area contributed by atoms with Crippen LogP contribution in [0.1, 0.15) is 44.5 Å². The fourth-order valence-electron chi connectivity index (χ4n) is 4.82. The Morgan fingerprint density at radius 3 is 1.03 bits per heavy atom. The van der Waals surface area contributed by atoms with Gasteiger partial charge >= 0.3 is 0 Å². The average molecular weight is 445 g/mol. The van der Waals surface area contributed by atoms with Crippen molar-refractivity contribution in [1.82, 2.24) is 0 Å². The molecule has 0 amide bonds. The molecule has 0 aliphatic carbocycles. The van der Waals surface area contributed by atoms with Gasteiger partial charge in [0.2, 0.25) is 0 Å². The second-order valence-electron chi connectivity index (χ2n) is 9.14. The van der Waals surface area contributed by atoms with Crippen molar-refractivity contribution in [2.45, 2.75) is 41.5 Å². The lowest BCUT2D eigenvalue weighted by atomic mass is 9.87. The Labute approximate surface area is 203 Å². The van der Waals surface area contributed by atoms with E-state index in [1.165, 1.54) is 33.4 Å². The molecule has 0 saturated heterocycles. The predicted octanol–water partition coefficient (Wildman–Crippen LogP) is 8.48. The molecule has 4 aromatic rings. The highest BCUT2D eigenvalue weighted by atomic mass is 14.8. The van der Waals surface area contributed by atoms with Crippen molar-refractivity contribution in [3.63, 3.8) is 0 Å². The van der Waals surface area contributed by atoms with Crippen LogP contribution in [-0.2, 0) is 0 Å². The Morgan fingerprint density at radius 2 is 0.735 bits per heavy atom. The first kappa shape index (κ1) is 23.4. The van der Waals surface area contributed by atoms with E-state index in [0.29, 0.717) is 0 Å². The lowest BCUT2D eigenvalue weighted by Gasteiger charge is -2.20. The Hall–Kier alpha value is -3.78. The van der Waals surface area contributed by atoms with Crippen LogP contribution < -0.4 is 0 Å². The van der Waals surface area contributed by atoms with Gasteiger partial charge in [0.15, 0.2) is 0 Å². The van der Waals surface area contributed by atoms with Gasteiger partial charge in [-0.05, 0) is 88.1 Å². The number of para-hydroxylation sites is 2. The molecule has 4 aromatic carbocycles. The van der Waals surface area contributed by atoms with Gasteiger partial charge in [0.05, 0.1) is 22.8 Å². The maximum atomic E-state index is 5.24. The maximum absolute atomic E-state index is 5.24. The average Bonchev–Trinajstić information content (AvgIpc) is 2.78. The second-order valence-corrected chi connectivity index (χ2v) is 9.14. The molecule has 2 nitrogen and oxygen atoms in total. The highest BCUT2D eigenvalue weighted by Crippen LogP contribution is 2.28. The molecule has 0 atom stereocenters. The number of aryl methyl sites for hydroxylation is 6. The molecule has 0 aliphatic heterocycles. The third kappa shape index (κ3) is 5.07. The molecule has 170 valence electrons. The molecule has 0 N–H and O–H groups in total. The summed E-state index contributed by atoms with van der Waals surface area (Å²) >= 11 is 0. The number of benzene rings is 4. The summed E-state index contributed by atoms with van der Waals surface area (Å²) in [6.45, 7) is 13.0. The van der Waals surface area contributed by atoms with E-state index in [9.17, 15) is 0 Å². The van der Waals surface area contributed by atoms with Crippen molar-refractivity contribution in [2.75, 3.05) is 0 Å². The van der Waals surface area contributed by atoms with Crippen LogP contribution in [0, 0.1) is 41.5 Å². The molecule has 34 heavy (non-hydrogen) atoms. The van der Waals surface area contributed by atoms with Crippen LogP contribution in [0.3, 0.4) is 0 Å². The SMILES string of the molecule is Cc1cc(C)c(C(=Nc2ccccc2)C(=Nc2ccccc2)c2c(C)cc(C)cc2C)c(C)c1. The van der Waals surface area contributed by atoms with E-state index < -0.39 is 0 Å². The van der Waals surface area contributed by atoms with E-state index in [2.05, 4.69) is 65.8 Å². The molecule has 0 unspecified atom stereocenters. The minimum Gasteiger partial charge on any atom is -0.246 e. The second kappa shape index (κ2) is 10.0. The first-order chi connectivity index (χ1) is 16.3. The Bertz CT molecular complexity index is 1220. The van der Waals surface area contributed by atoms with Crippen LogP contribution in [0.15, 0.2) is 94.9 Å². The van der Waals surface area contributed by atoms with Gasteiger partial charge in [0.1, 0.15) is 0 Å². The number of nitrogens with zero attached hydrogens (tertiary/aromatic N) is 2. The lowest BCUT2D eigenvalue weighted by molar-refractivity contribution is 1.28. The topological polar surface area (TPSA) is 24.7 Å².